The van der Waals surface area contributed by atoms with Crippen molar-refractivity contribution in [3.8, 4) is 0 Å². The Morgan fingerprint density at radius 1 is 1.04 bits per heavy atom. The Balaban J connectivity index is 2.04. The van der Waals surface area contributed by atoms with Crippen LogP contribution < -0.4 is 10.2 Å². The van der Waals surface area contributed by atoms with E-state index in [1.807, 2.05) is 0 Å². The lowest BCUT2D eigenvalue weighted by Gasteiger charge is -2.21. The summed E-state index contributed by atoms with van der Waals surface area (Å²) in [6.07, 6.45) is -0.174. The number of anilines is 2. The number of ether oxygens (including phenoxy) is 1. The molecule has 0 saturated carbocycles. The van der Waals surface area contributed by atoms with Crippen molar-refractivity contribution in [2.24, 2.45) is 0 Å². The highest BCUT2D eigenvalue weighted by Crippen LogP contribution is 2.19. The predicted molar refractivity (Wildman–Crippen MR) is 100 cm³/mol. The average Bonchev–Trinajstić information content (AvgIpc) is 2.65. The minimum Gasteiger partial charge on any atom is -0.462 e. The summed E-state index contributed by atoms with van der Waals surface area (Å²) < 4.78 is 32.1. The Kier molecular flexibility index (Phi) is 7.20. The molecule has 0 saturated heterocycles. The predicted octanol–water partition coefficient (Wildman–Crippen LogP) is 3.52. The highest BCUT2D eigenvalue weighted by molar-refractivity contribution is 5.95. The minimum atomic E-state index is -0.883. The number of esters is 1. The Bertz CT molecular complexity index is 849. The van der Waals surface area contributed by atoms with Crippen LogP contribution in [0.25, 0.3) is 0 Å². The molecule has 0 aliphatic rings. The van der Waals surface area contributed by atoms with Crippen LogP contribution in [0.1, 0.15) is 30.6 Å². The number of halogens is 2. The molecule has 6 nitrogen and oxygen atoms in total. The van der Waals surface area contributed by atoms with E-state index in [1.165, 1.54) is 30.0 Å². The van der Waals surface area contributed by atoms with Gasteiger partial charge in [-0.15, -0.1) is 0 Å². The van der Waals surface area contributed by atoms with Gasteiger partial charge in [0.05, 0.1) is 12.2 Å². The van der Waals surface area contributed by atoms with E-state index >= 15 is 0 Å². The summed E-state index contributed by atoms with van der Waals surface area (Å²) in [7, 11) is 0. The van der Waals surface area contributed by atoms with E-state index < -0.39 is 29.2 Å². The van der Waals surface area contributed by atoms with Crippen LogP contribution in [0.2, 0.25) is 0 Å². The summed E-state index contributed by atoms with van der Waals surface area (Å²) in [6, 6.07) is 9.40. The molecule has 0 bridgehead atoms. The molecule has 2 aromatic rings. The van der Waals surface area contributed by atoms with Crippen molar-refractivity contribution in [2.75, 3.05) is 23.4 Å². The number of nitrogens with one attached hydrogen (secondary N) is 1. The van der Waals surface area contributed by atoms with E-state index in [4.69, 9.17) is 4.74 Å². The molecule has 148 valence electrons. The second-order valence-corrected chi connectivity index (χ2v) is 5.83. The van der Waals surface area contributed by atoms with Crippen LogP contribution >= 0.6 is 0 Å². The van der Waals surface area contributed by atoms with Crippen LogP contribution in [0, 0.1) is 11.6 Å². The molecule has 0 aliphatic carbocycles. The molecule has 0 heterocycles. The molecule has 2 amide bonds. The molecule has 2 rings (SSSR count). The summed E-state index contributed by atoms with van der Waals surface area (Å²) in [5.74, 6) is -3.21. The molecule has 0 spiro atoms. The van der Waals surface area contributed by atoms with E-state index in [0.29, 0.717) is 11.3 Å². The first-order valence-electron chi connectivity index (χ1n) is 8.62. The molecule has 0 unspecified atom stereocenters. The Morgan fingerprint density at radius 3 is 2.18 bits per heavy atom. The summed E-state index contributed by atoms with van der Waals surface area (Å²) in [4.78, 5) is 37.0. The maximum absolute atomic E-state index is 13.6. The number of hydrogen-bond donors (Lipinski definition) is 1. The van der Waals surface area contributed by atoms with Gasteiger partial charge in [-0.3, -0.25) is 9.59 Å². The van der Waals surface area contributed by atoms with E-state index in [1.54, 1.807) is 19.1 Å². The Morgan fingerprint density at radius 2 is 1.64 bits per heavy atom. The van der Waals surface area contributed by atoms with Crippen LogP contribution in [0.3, 0.4) is 0 Å². The highest BCUT2D eigenvalue weighted by atomic mass is 19.1. The lowest BCUT2D eigenvalue weighted by molar-refractivity contribution is -0.117. The molecule has 0 aromatic heterocycles. The Hall–Kier alpha value is -3.29. The van der Waals surface area contributed by atoms with Gasteiger partial charge in [-0.1, -0.05) is 6.07 Å². The van der Waals surface area contributed by atoms with Crippen molar-refractivity contribution in [1.82, 2.24) is 0 Å². The number of amides is 2. The summed E-state index contributed by atoms with van der Waals surface area (Å²) in [5.41, 5.74) is 0.285. The second kappa shape index (κ2) is 9.59. The van der Waals surface area contributed by atoms with Crippen molar-refractivity contribution in [3.05, 3.63) is 59.7 Å². The van der Waals surface area contributed by atoms with Gasteiger partial charge in [0.15, 0.2) is 0 Å². The Labute approximate surface area is 161 Å². The van der Waals surface area contributed by atoms with Gasteiger partial charge in [0.2, 0.25) is 11.8 Å². The summed E-state index contributed by atoms with van der Waals surface area (Å²) in [6.45, 7) is 3.27. The molecule has 2 aromatic carbocycles. The molecule has 0 atom stereocenters. The van der Waals surface area contributed by atoms with Gasteiger partial charge in [0.1, 0.15) is 17.3 Å². The standard InChI is InChI=1S/C20H20F2N2O4/c1-3-28-20(27)14-7-9-15(10-8-14)24(13(2)25)12-11-18(26)23-19-16(21)5-4-6-17(19)22/h4-10H,3,11-12H2,1-2H3,(H,23,26). The quantitative estimate of drug-likeness (QED) is 0.734. The van der Waals surface area contributed by atoms with Gasteiger partial charge in [-0.05, 0) is 43.3 Å². The fraction of sp³-hybridized carbons (Fsp3) is 0.250. The van der Waals surface area contributed by atoms with E-state index in [-0.39, 0.29) is 25.5 Å². The zero-order valence-corrected chi connectivity index (χ0v) is 15.5. The lowest BCUT2D eigenvalue weighted by atomic mass is 10.2. The largest absolute Gasteiger partial charge is 0.462 e. The van der Waals surface area contributed by atoms with Gasteiger partial charge in [0.25, 0.3) is 0 Å². The highest BCUT2D eigenvalue weighted by Gasteiger charge is 2.17. The van der Waals surface area contributed by atoms with E-state index in [9.17, 15) is 23.2 Å². The van der Waals surface area contributed by atoms with Gasteiger partial charge in [-0.2, -0.15) is 0 Å². The van der Waals surface area contributed by atoms with Crippen LogP contribution in [-0.4, -0.2) is 30.9 Å². The first-order chi connectivity index (χ1) is 13.3. The van der Waals surface area contributed by atoms with Gasteiger partial charge in [-0.25, -0.2) is 13.6 Å². The third-order valence-electron chi connectivity index (χ3n) is 3.86. The first kappa shape index (κ1) is 21.0. The number of rotatable bonds is 7. The van der Waals surface area contributed by atoms with Crippen LogP contribution in [0.4, 0.5) is 20.2 Å². The molecule has 8 heteroatoms. The monoisotopic (exact) mass is 390 g/mol. The van der Waals surface area contributed by atoms with E-state index in [2.05, 4.69) is 5.32 Å². The topological polar surface area (TPSA) is 75.7 Å². The number of para-hydroxylation sites is 1. The molecule has 1 N–H and O–H groups in total. The number of benzene rings is 2. The number of carbonyl (C=O) groups excluding carboxylic acids is 3. The number of nitrogens with zero attached hydrogens (tertiary/aromatic N) is 1. The van der Waals surface area contributed by atoms with Crippen molar-refractivity contribution >= 4 is 29.2 Å². The molecule has 0 radical (unpaired) electrons. The number of hydrogen-bond acceptors (Lipinski definition) is 4. The van der Waals surface area contributed by atoms with Crippen LogP contribution in [-0.2, 0) is 14.3 Å². The van der Waals surface area contributed by atoms with Gasteiger partial charge < -0.3 is 15.0 Å². The normalized spacial score (nSPS) is 10.3. The maximum Gasteiger partial charge on any atom is 0.338 e. The van der Waals surface area contributed by atoms with Crippen molar-refractivity contribution in [2.45, 2.75) is 20.3 Å². The smallest absolute Gasteiger partial charge is 0.338 e. The fourth-order valence-corrected chi connectivity index (χ4v) is 2.49. The molecule has 0 fully saturated rings. The zero-order chi connectivity index (χ0) is 20.7. The second-order valence-electron chi connectivity index (χ2n) is 5.83. The number of carbonyl (C=O) groups is 3. The molecule has 0 aliphatic heterocycles. The van der Waals surface area contributed by atoms with Crippen molar-refractivity contribution in [1.29, 1.82) is 0 Å². The maximum atomic E-state index is 13.6. The van der Waals surface area contributed by atoms with Crippen LogP contribution in [0.15, 0.2) is 42.5 Å². The summed E-state index contributed by atoms with van der Waals surface area (Å²) >= 11 is 0. The average molecular weight is 390 g/mol. The minimum absolute atomic E-state index is 0.00398. The van der Waals surface area contributed by atoms with Crippen molar-refractivity contribution < 1.29 is 27.9 Å². The third-order valence-corrected chi connectivity index (χ3v) is 3.86. The first-order valence-corrected chi connectivity index (χ1v) is 8.62. The van der Waals surface area contributed by atoms with Gasteiger partial charge in [0, 0.05) is 25.6 Å². The fourth-order valence-electron chi connectivity index (χ4n) is 2.49. The van der Waals surface area contributed by atoms with Crippen molar-refractivity contribution in [3.63, 3.8) is 0 Å². The van der Waals surface area contributed by atoms with Crippen LogP contribution in [0.5, 0.6) is 0 Å². The molecular formula is C20H20F2N2O4. The van der Waals surface area contributed by atoms with Gasteiger partial charge >= 0.3 is 5.97 Å². The molecule has 28 heavy (non-hydrogen) atoms. The third kappa shape index (κ3) is 5.35. The summed E-state index contributed by atoms with van der Waals surface area (Å²) in [5, 5.41) is 2.17. The lowest BCUT2D eigenvalue weighted by Crippen LogP contribution is -2.32. The zero-order valence-electron chi connectivity index (χ0n) is 15.5. The van der Waals surface area contributed by atoms with E-state index in [0.717, 1.165) is 12.1 Å². The molecular weight excluding hydrogens is 370 g/mol. The SMILES string of the molecule is CCOC(=O)c1ccc(N(CCC(=O)Nc2c(F)cccc2F)C(C)=O)cc1.